The van der Waals surface area contributed by atoms with Crippen molar-refractivity contribution in [3.63, 3.8) is 0 Å². The fourth-order valence-electron chi connectivity index (χ4n) is 7.37. The van der Waals surface area contributed by atoms with Gasteiger partial charge in [0.15, 0.2) is 0 Å². The Morgan fingerprint density at radius 1 is 0.289 bits per heavy atom. The van der Waals surface area contributed by atoms with Crippen LogP contribution < -0.4 is 0 Å². The zero-order chi connectivity index (χ0) is 24.5. The fraction of sp³-hybridized carbons (Fsp3) is 0. The second-order valence-electron chi connectivity index (χ2n) is 10.5. The van der Waals surface area contributed by atoms with E-state index in [1.54, 1.807) is 0 Å². The first-order chi connectivity index (χ1) is 18.9. The minimum absolute atomic E-state index is 1.27. The van der Waals surface area contributed by atoms with Crippen LogP contribution in [0.1, 0.15) is 0 Å². The number of benzene rings is 6. The number of nitrogens with zero attached hydrogens (tertiary/aromatic N) is 2. The predicted molar refractivity (Wildman–Crippen MR) is 161 cm³/mol. The molecule has 0 aliphatic rings. The Morgan fingerprint density at radius 2 is 0.632 bits per heavy atom. The van der Waals surface area contributed by atoms with Gasteiger partial charge in [0.2, 0.25) is 0 Å². The minimum atomic E-state index is 1.27. The SMILES string of the molecule is c1ccc2c(c1)c1ccc(-c3ccc4c5ccccc5n5c6ccccc6c3c45)c3c4ccccc4n2c13. The summed E-state index contributed by atoms with van der Waals surface area (Å²) in [5, 5.41) is 10.6. The van der Waals surface area contributed by atoms with Crippen molar-refractivity contribution in [2.24, 2.45) is 0 Å². The van der Waals surface area contributed by atoms with Crippen molar-refractivity contribution in [1.82, 2.24) is 8.80 Å². The highest BCUT2D eigenvalue weighted by Gasteiger charge is 2.24. The quantitative estimate of drug-likeness (QED) is 0.221. The van der Waals surface area contributed by atoms with Crippen molar-refractivity contribution in [3.8, 4) is 11.1 Å². The molecule has 0 spiro atoms. The van der Waals surface area contributed by atoms with Gasteiger partial charge in [0.05, 0.1) is 33.1 Å². The molecule has 4 heterocycles. The van der Waals surface area contributed by atoms with E-state index in [1.807, 2.05) is 0 Å². The predicted octanol–water partition coefficient (Wildman–Crippen LogP) is 9.65. The van der Waals surface area contributed by atoms with Gasteiger partial charge >= 0.3 is 0 Å². The van der Waals surface area contributed by atoms with Gasteiger partial charge in [-0.3, -0.25) is 0 Å². The van der Waals surface area contributed by atoms with Crippen LogP contribution in [0, 0.1) is 0 Å². The van der Waals surface area contributed by atoms with Crippen molar-refractivity contribution >= 4 is 76.2 Å². The Hall–Kier alpha value is -5.08. The zero-order valence-electron chi connectivity index (χ0n) is 20.4. The van der Waals surface area contributed by atoms with Gasteiger partial charge in [-0.1, -0.05) is 97.1 Å². The largest absolute Gasteiger partial charge is 0.308 e. The summed E-state index contributed by atoms with van der Waals surface area (Å²) in [6.07, 6.45) is 0. The van der Waals surface area contributed by atoms with Crippen molar-refractivity contribution < 1.29 is 0 Å². The summed E-state index contributed by atoms with van der Waals surface area (Å²) in [6, 6.07) is 44.8. The molecule has 38 heavy (non-hydrogen) atoms. The number of rotatable bonds is 1. The van der Waals surface area contributed by atoms with Crippen LogP contribution in [-0.4, -0.2) is 8.80 Å². The molecule has 0 unspecified atom stereocenters. The van der Waals surface area contributed by atoms with Crippen molar-refractivity contribution in [2.75, 3.05) is 0 Å². The molecule has 6 aromatic carbocycles. The topological polar surface area (TPSA) is 8.82 Å². The van der Waals surface area contributed by atoms with Crippen LogP contribution in [0.4, 0.5) is 0 Å². The molecule has 0 amide bonds. The van der Waals surface area contributed by atoms with Gasteiger partial charge in [-0.25, -0.2) is 0 Å². The molecule has 4 aromatic heterocycles. The highest BCUT2D eigenvalue weighted by atomic mass is 14.9. The molecule has 0 bridgehead atoms. The third-order valence-corrected chi connectivity index (χ3v) is 8.79. The van der Waals surface area contributed by atoms with Gasteiger partial charge in [0.1, 0.15) is 0 Å². The lowest BCUT2D eigenvalue weighted by Gasteiger charge is -2.09. The van der Waals surface area contributed by atoms with Crippen LogP contribution in [0.2, 0.25) is 0 Å². The Bertz CT molecular complexity index is 2380. The Labute approximate surface area is 217 Å². The highest BCUT2D eigenvalue weighted by Crippen LogP contribution is 2.48. The van der Waals surface area contributed by atoms with Gasteiger partial charge in [0, 0.05) is 43.1 Å². The molecule has 0 aliphatic heterocycles. The maximum Gasteiger partial charge on any atom is 0.0626 e. The molecule has 2 nitrogen and oxygen atoms in total. The second-order valence-corrected chi connectivity index (χ2v) is 10.5. The van der Waals surface area contributed by atoms with E-state index >= 15 is 0 Å². The van der Waals surface area contributed by atoms with Crippen molar-refractivity contribution in [2.45, 2.75) is 0 Å². The fourth-order valence-corrected chi connectivity index (χ4v) is 7.37. The molecule has 0 radical (unpaired) electrons. The molecule has 0 atom stereocenters. The molecule has 10 aromatic rings. The van der Waals surface area contributed by atoms with E-state index in [0.29, 0.717) is 0 Å². The highest BCUT2D eigenvalue weighted by molar-refractivity contribution is 6.31. The Kier molecular flexibility index (Phi) is 3.23. The first kappa shape index (κ1) is 19.1. The molecule has 0 fully saturated rings. The van der Waals surface area contributed by atoms with Crippen LogP contribution in [0.3, 0.4) is 0 Å². The van der Waals surface area contributed by atoms with Crippen LogP contribution in [0.5, 0.6) is 0 Å². The Morgan fingerprint density at radius 3 is 1.05 bits per heavy atom. The molecule has 0 N–H and O–H groups in total. The van der Waals surface area contributed by atoms with Crippen LogP contribution in [-0.2, 0) is 0 Å². The lowest BCUT2D eigenvalue weighted by molar-refractivity contribution is 1.37. The number of aromatic nitrogens is 2. The first-order valence-electron chi connectivity index (χ1n) is 13.2. The van der Waals surface area contributed by atoms with Crippen LogP contribution in [0.25, 0.3) is 87.3 Å². The molecular formula is C36H20N2. The molecule has 10 rings (SSSR count). The summed E-state index contributed by atoms with van der Waals surface area (Å²) in [7, 11) is 0. The Balaban J connectivity index is 1.48. The lowest BCUT2D eigenvalue weighted by Crippen LogP contribution is -1.83. The van der Waals surface area contributed by atoms with E-state index in [-0.39, 0.29) is 0 Å². The summed E-state index contributed by atoms with van der Waals surface area (Å²) < 4.78 is 4.95. The average molecular weight is 481 g/mol. The summed E-state index contributed by atoms with van der Waals surface area (Å²) in [6.45, 7) is 0. The normalized spacial score (nSPS) is 12.7. The second kappa shape index (κ2) is 6.42. The summed E-state index contributed by atoms with van der Waals surface area (Å²) in [5.74, 6) is 0. The molecular weight excluding hydrogens is 460 g/mol. The summed E-state index contributed by atoms with van der Waals surface area (Å²) in [5.41, 5.74) is 10.3. The van der Waals surface area contributed by atoms with Crippen molar-refractivity contribution in [1.29, 1.82) is 0 Å². The van der Waals surface area contributed by atoms with E-state index in [9.17, 15) is 0 Å². The zero-order valence-corrected chi connectivity index (χ0v) is 20.4. The van der Waals surface area contributed by atoms with Crippen molar-refractivity contribution in [3.05, 3.63) is 121 Å². The number of hydrogen-bond acceptors (Lipinski definition) is 0. The van der Waals surface area contributed by atoms with Gasteiger partial charge < -0.3 is 8.80 Å². The van der Waals surface area contributed by atoms with Gasteiger partial charge in [-0.05, 0) is 35.4 Å². The third-order valence-electron chi connectivity index (χ3n) is 8.79. The monoisotopic (exact) mass is 480 g/mol. The molecule has 2 heteroatoms. The number of para-hydroxylation sites is 4. The standard InChI is InChI=1S/C36H20N2/c1-5-13-29-21(9-1)25-19-17-23(33-27-11-3-7-15-31(27)37(29)35(25)33)24-18-20-26-22-10-2-6-14-30(22)38-32-16-8-4-12-28(32)34(24)36(26)38/h1-20H. The van der Waals surface area contributed by atoms with E-state index in [0.717, 1.165) is 0 Å². The summed E-state index contributed by atoms with van der Waals surface area (Å²) in [4.78, 5) is 0. The maximum atomic E-state index is 2.47. The number of fused-ring (bicyclic) bond motifs is 12. The molecule has 174 valence electrons. The van der Waals surface area contributed by atoms with Gasteiger partial charge in [-0.2, -0.15) is 0 Å². The van der Waals surface area contributed by atoms with Crippen LogP contribution >= 0.6 is 0 Å². The minimum Gasteiger partial charge on any atom is -0.308 e. The summed E-state index contributed by atoms with van der Waals surface area (Å²) >= 11 is 0. The smallest absolute Gasteiger partial charge is 0.0626 e. The van der Waals surface area contributed by atoms with E-state index in [2.05, 4.69) is 130 Å². The van der Waals surface area contributed by atoms with Crippen LogP contribution in [0.15, 0.2) is 121 Å². The molecule has 0 saturated carbocycles. The van der Waals surface area contributed by atoms with Gasteiger partial charge in [0.25, 0.3) is 0 Å². The van der Waals surface area contributed by atoms with E-state index < -0.39 is 0 Å². The number of hydrogen-bond donors (Lipinski definition) is 0. The lowest BCUT2D eigenvalue weighted by atomic mass is 9.93. The van der Waals surface area contributed by atoms with E-state index in [4.69, 9.17) is 0 Å². The average Bonchev–Trinajstić information content (AvgIpc) is 3.70. The maximum absolute atomic E-state index is 2.47. The first-order valence-corrected chi connectivity index (χ1v) is 13.2. The third kappa shape index (κ3) is 2.02. The molecule has 0 aliphatic carbocycles. The van der Waals surface area contributed by atoms with E-state index in [1.165, 1.54) is 87.3 Å². The van der Waals surface area contributed by atoms with Gasteiger partial charge in [-0.15, -0.1) is 0 Å². The molecule has 0 saturated heterocycles.